The summed E-state index contributed by atoms with van der Waals surface area (Å²) in [5.74, 6) is -0.591. The molecule has 3 N–H and O–H groups in total. The number of amides is 2. The highest BCUT2D eigenvalue weighted by Crippen LogP contribution is 2.21. The number of H-pyrrole nitrogens is 1. The van der Waals surface area contributed by atoms with Crippen molar-refractivity contribution in [1.82, 2.24) is 15.8 Å². The highest BCUT2D eigenvalue weighted by molar-refractivity contribution is 5.99. The van der Waals surface area contributed by atoms with Crippen LogP contribution in [0.25, 0.3) is 0 Å². The van der Waals surface area contributed by atoms with Crippen LogP contribution in [-0.2, 0) is 4.79 Å². The van der Waals surface area contributed by atoms with Gasteiger partial charge in [-0.05, 0) is 51.0 Å². The lowest BCUT2D eigenvalue weighted by molar-refractivity contribution is -0.128. The number of hydrogen-bond acceptors (Lipinski definition) is 4. The summed E-state index contributed by atoms with van der Waals surface area (Å²) in [4.78, 5) is 37.9. The molecular formula is C18H21N3O4. The number of rotatable bonds is 5. The normalized spacial score (nSPS) is 11.5. The Balaban J connectivity index is 1.91. The van der Waals surface area contributed by atoms with Crippen LogP contribution in [0.4, 0.5) is 0 Å². The van der Waals surface area contributed by atoms with Gasteiger partial charge in [0.2, 0.25) is 0 Å². The molecular weight excluding hydrogens is 322 g/mol. The predicted octanol–water partition coefficient (Wildman–Crippen LogP) is 2.06. The molecule has 0 fully saturated rings. The summed E-state index contributed by atoms with van der Waals surface area (Å²) >= 11 is 0. The number of aromatic nitrogens is 1. The second kappa shape index (κ2) is 7.65. The van der Waals surface area contributed by atoms with E-state index in [-0.39, 0.29) is 11.5 Å². The van der Waals surface area contributed by atoms with Crippen LogP contribution < -0.4 is 15.6 Å². The van der Waals surface area contributed by atoms with Crippen molar-refractivity contribution >= 4 is 17.6 Å². The Morgan fingerprint density at radius 2 is 1.88 bits per heavy atom. The molecule has 2 amide bonds. The van der Waals surface area contributed by atoms with Crippen LogP contribution >= 0.6 is 0 Å². The number of aryl methyl sites for hydroxylation is 1. The fourth-order valence-corrected chi connectivity index (χ4v) is 2.11. The van der Waals surface area contributed by atoms with Crippen LogP contribution in [0.3, 0.4) is 0 Å². The van der Waals surface area contributed by atoms with Gasteiger partial charge < -0.3 is 9.72 Å². The molecule has 1 heterocycles. The monoisotopic (exact) mass is 343 g/mol. The summed E-state index contributed by atoms with van der Waals surface area (Å²) in [6.07, 6.45) is 0.642. The van der Waals surface area contributed by atoms with Gasteiger partial charge in [-0.15, -0.1) is 0 Å². The molecule has 2 rings (SSSR count). The lowest BCUT2D eigenvalue weighted by atomic mass is 10.1. The molecule has 0 unspecified atom stereocenters. The maximum absolute atomic E-state index is 12.1. The first-order valence-corrected chi connectivity index (χ1v) is 7.82. The zero-order valence-electron chi connectivity index (χ0n) is 14.6. The summed E-state index contributed by atoms with van der Waals surface area (Å²) in [7, 11) is 0. The number of benzene rings is 1. The molecule has 1 atom stereocenters. The first-order valence-electron chi connectivity index (χ1n) is 7.82. The van der Waals surface area contributed by atoms with Gasteiger partial charge in [-0.2, -0.15) is 0 Å². The number of nitrogens with one attached hydrogen (secondary N) is 3. The molecule has 0 aliphatic carbocycles. The van der Waals surface area contributed by atoms with Crippen molar-refractivity contribution in [3.63, 3.8) is 0 Å². The quantitative estimate of drug-likeness (QED) is 0.571. The number of carbonyl (C=O) groups excluding carboxylic acids is 3. The van der Waals surface area contributed by atoms with Gasteiger partial charge in [-0.3, -0.25) is 25.2 Å². The molecule has 132 valence electrons. The van der Waals surface area contributed by atoms with Crippen molar-refractivity contribution in [1.29, 1.82) is 0 Å². The van der Waals surface area contributed by atoms with Gasteiger partial charge in [0, 0.05) is 11.8 Å². The van der Waals surface area contributed by atoms with E-state index in [2.05, 4.69) is 15.8 Å². The molecule has 0 bridgehead atoms. The van der Waals surface area contributed by atoms with Gasteiger partial charge in [0.1, 0.15) is 11.4 Å². The highest BCUT2D eigenvalue weighted by Gasteiger charge is 2.18. The summed E-state index contributed by atoms with van der Waals surface area (Å²) in [5.41, 5.74) is 7.17. The molecule has 2 aromatic rings. The SMILES string of the molecule is CC(=O)c1c[nH]c(C(=O)NNC(=O)[C@H](C)Oc2cccc(C)c2C)c1. The number of hydrogen-bond donors (Lipinski definition) is 3. The standard InChI is InChI=1S/C18H21N3O4/c1-10-6-5-7-16(11(10)2)25-13(4)17(23)20-21-18(24)15-8-14(9-19-15)12(3)22/h5-9,13,19H,1-4H3,(H,20,23)(H,21,24)/t13-/m0/s1. The second-order valence-electron chi connectivity index (χ2n) is 5.76. The maximum Gasteiger partial charge on any atom is 0.286 e. The minimum atomic E-state index is -0.794. The zero-order valence-corrected chi connectivity index (χ0v) is 14.6. The van der Waals surface area contributed by atoms with Crippen molar-refractivity contribution in [2.75, 3.05) is 0 Å². The molecule has 7 heteroatoms. The average molecular weight is 343 g/mol. The third-order valence-corrected chi connectivity index (χ3v) is 3.86. The maximum atomic E-state index is 12.1. The van der Waals surface area contributed by atoms with E-state index in [0.717, 1.165) is 11.1 Å². The number of hydrazine groups is 1. The van der Waals surface area contributed by atoms with Crippen LogP contribution in [-0.4, -0.2) is 28.7 Å². The Labute approximate surface area is 145 Å². The largest absolute Gasteiger partial charge is 0.481 e. The lowest BCUT2D eigenvalue weighted by Gasteiger charge is -2.17. The number of carbonyl (C=O) groups is 3. The van der Waals surface area contributed by atoms with Crippen molar-refractivity contribution in [2.24, 2.45) is 0 Å². The molecule has 0 radical (unpaired) electrons. The molecule has 7 nitrogen and oxygen atoms in total. The number of ketones is 1. The van der Waals surface area contributed by atoms with Crippen LogP contribution in [0.5, 0.6) is 5.75 Å². The highest BCUT2D eigenvalue weighted by atomic mass is 16.5. The van der Waals surface area contributed by atoms with E-state index in [4.69, 9.17) is 4.74 Å². The Hall–Kier alpha value is -3.09. The van der Waals surface area contributed by atoms with Crippen LogP contribution in [0.15, 0.2) is 30.5 Å². The molecule has 0 aliphatic rings. The smallest absolute Gasteiger partial charge is 0.286 e. The fraction of sp³-hybridized carbons (Fsp3) is 0.278. The van der Waals surface area contributed by atoms with Crippen LogP contribution in [0.1, 0.15) is 45.8 Å². The molecule has 0 saturated carbocycles. The van der Waals surface area contributed by atoms with Crippen LogP contribution in [0, 0.1) is 13.8 Å². The van der Waals surface area contributed by atoms with Gasteiger partial charge in [0.15, 0.2) is 11.9 Å². The Bertz CT molecular complexity index is 810. The molecule has 25 heavy (non-hydrogen) atoms. The van der Waals surface area contributed by atoms with Crippen LogP contribution in [0.2, 0.25) is 0 Å². The second-order valence-corrected chi connectivity index (χ2v) is 5.76. The van der Waals surface area contributed by atoms with Crippen molar-refractivity contribution < 1.29 is 19.1 Å². The number of Topliss-reactive ketones (excluding diaryl/α,β-unsaturated/α-hetero) is 1. The van der Waals surface area contributed by atoms with E-state index in [1.165, 1.54) is 19.2 Å². The number of aromatic amines is 1. The average Bonchev–Trinajstić information content (AvgIpc) is 3.06. The van der Waals surface area contributed by atoms with Crippen molar-refractivity contribution in [3.05, 3.63) is 52.8 Å². The Morgan fingerprint density at radius 1 is 1.16 bits per heavy atom. The first-order chi connectivity index (χ1) is 11.8. The Kier molecular flexibility index (Phi) is 5.59. The van der Waals surface area contributed by atoms with Crippen molar-refractivity contribution in [2.45, 2.75) is 33.8 Å². The van der Waals surface area contributed by atoms with E-state index in [9.17, 15) is 14.4 Å². The van der Waals surface area contributed by atoms with Crippen molar-refractivity contribution in [3.8, 4) is 5.75 Å². The zero-order chi connectivity index (χ0) is 18.6. The molecule has 0 aliphatic heterocycles. The summed E-state index contributed by atoms with van der Waals surface area (Å²) in [5, 5.41) is 0. The lowest BCUT2D eigenvalue weighted by Crippen LogP contribution is -2.47. The van der Waals surface area contributed by atoms with Gasteiger partial charge in [0.05, 0.1) is 0 Å². The van der Waals surface area contributed by atoms with Gasteiger partial charge in [0.25, 0.3) is 11.8 Å². The van der Waals surface area contributed by atoms with E-state index >= 15 is 0 Å². The predicted molar refractivity (Wildman–Crippen MR) is 92.4 cm³/mol. The third-order valence-electron chi connectivity index (χ3n) is 3.86. The van der Waals surface area contributed by atoms with E-state index < -0.39 is 17.9 Å². The van der Waals surface area contributed by atoms with E-state index in [0.29, 0.717) is 11.3 Å². The molecule has 0 saturated heterocycles. The van der Waals surface area contributed by atoms with Gasteiger partial charge in [-0.25, -0.2) is 0 Å². The summed E-state index contributed by atoms with van der Waals surface area (Å²) < 4.78 is 5.65. The molecule has 1 aromatic carbocycles. The minimum Gasteiger partial charge on any atom is -0.481 e. The summed E-state index contributed by atoms with van der Waals surface area (Å²) in [6, 6.07) is 7.01. The minimum absolute atomic E-state index is 0.158. The number of ether oxygens (including phenoxy) is 1. The molecule has 0 spiro atoms. The Morgan fingerprint density at radius 3 is 2.52 bits per heavy atom. The third kappa shape index (κ3) is 4.47. The van der Waals surface area contributed by atoms with E-state index in [1.807, 2.05) is 26.0 Å². The summed E-state index contributed by atoms with van der Waals surface area (Å²) in [6.45, 7) is 6.86. The van der Waals surface area contributed by atoms with Gasteiger partial charge in [-0.1, -0.05) is 12.1 Å². The first kappa shape index (κ1) is 18.3. The molecule has 1 aromatic heterocycles. The fourth-order valence-electron chi connectivity index (χ4n) is 2.11. The topological polar surface area (TPSA) is 100 Å². The van der Waals surface area contributed by atoms with Gasteiger partial charge >= 0.3 is 0 Å². The van der Waals surface area contributed by atoms with E-state index in [1.54, 1.807) is 13.0 Å².